The number of amides is 2. The van der Waals surface area contributed by atoms with Crippen LogP contribution in [0.5, 0.6) is 17.2 Å². The number of anilines is 1. The highest BCUT2D eigenvalue weighted by molar-refractivity contribution is 6.00. The zero-order valence-electron chi connectivity index (χ0n) is 20.0. The van der Waals surface area contributed by atoms with Crippen LogP contribution in [0.1, 0.15) is 12.5 Å². The quantitative estimate of drug-likeness (QED) is 0.380. The summed E-state index contributed by atoms with van der Waals surface area (Å²) in [4.78, 5) is 24.9. The molecular weight excluding hydrogens is 470 g/mol. The van der Waals surface area contributed by atoms with E-state index in [1.54, 1.807) is 61.7 Å². The lowest BCUT2D eigenvalue weighted by molar-refractivity contribution is -0.123. The Bertz CT molecular complexity index is 1210. The van der Waals surface area contributed by atoms with Crippen molar-refractivity contribution >= 4 is 23.6 Å². The summed E-state index contributed by atoms with van der Waals surface area (Å²) in [5, 5.41) is 5.28. The Balaban J connectivity index is 1.68. The fraction of sp³-hybridized carbons (Fsp3) is 0.185. The van der Waals surface area contributed by atoms with Crippen molar-refractivity contribution in [1.82, 2.24) is 5.32 Å². The predicted molar refractivity (Wildman–Crippen MR) is 133 cm³/mol. The molecule has 188 valence electrons. The summed E-state index contributed by atoms with van der Waals surface area (Å²) in [6, 6.07) is 17.3. The topological polar surface area (TPSA) is 85.9 Å². The van der Waals surface area contributed by atoms with E-state index in [2.05, 4.69) is 15.4 Å². The lowest BCUT2D eigenvalue weighted by Gasteiger charge is -2.16. The summed E-state index contributed by atoms with van der Waals surface area (Å²) >= 11 is 0. The summed E-state index contributed by atoms with van der Waals surface area (Å²) in [7, 11) is 3.08. The smallest absolute Gasteiger partial charge is 0.387 e. The number of ether oxygens (including phenoxy) is 3. The maximum absolute atomic E-state index is 12.9. The largest absolute Gasteiger partial charge is 0.497 e. The van der Waals surface area contributed by atoms with Gasteiger partial charge in [-0.25, -0.2) is 0 Å². The molecule has 1 atom stereocenters. The minimum Gasteiger partial charge on any atom is -0.497 e. The van der Waals surface area contributed by atoms with E-state index in [0.717, 1.165) is 5.56 Å². The van der Waals surface area contributed by atoms with Crippen LogP contribution in [0.4, 0.5) is 14.5 Å². The number of methoxy groups -OCH3 is 2. The summed E-state index contributed by atoms with van der Waals surface area (Å²) in [6.45, 7) is -1.48. The molecule has 0 bridgehead atoms. The molecule has 0 aliphatic carbocycles. The molecule has 0 fully saturated rings. The van der Waals surface area contributed by atoms with Crippen molar-refractivity contribution < 1.29 is 32.6 Å². The highest BCUT2D eigenvalue weighted by Crippen LogP contribution is 2.34. The van der Waals surface area contributed by atoms with Gasteiger partial charge in [-0.05, 0) is 66.6 Å². The molecule has 36 heavy (non-hydrogen) atoms. The highest BCUT2D eigenvalue weighted by Gasteiger charge is 2.17. The molecule has 0 aromatic heterocycles. The van der Waals surface area contributed by atoms with Crippen molar-refractivity contribution in [1.29, 1.82) is 0 Å². The number of alkyl halides is 2. The second kappa shape index (κ2) is 12.3. The number of hydrogen-bond acceptors (Lipinski definition) is 5. The fourth-order valence-corrected chi connectivity index (χ4v) is 3.27. The van der Waals surface area contributed by atoms with Crippen LogP contribution in [0.3, 0.4) is 0 Å². The molecule has 0 aliphatic heterocycles. The van der Waals surface area contributed by atoms with Crippen molar-refractivity contribution in [3.05, 3.63) is 78.4 Å². The molecule has 0 radical (unpaired) electrons. The Morgan fingerprint density at radius 1 is 0.889 bits per heavy atom. The average Bonchev–Trinajstić information content (AvgIpc) is 2.88. The molecule has 3 rings (SSSR count). The number of carbonyl (C=O) groups is 2. The first-order valence-electron chi connectivity index (χ1n) is 11.0. The third kappa shape index (κ3) is 7.30. The van der Waals surface area contributed by atoms with Crippen molar-refractivity contribution in [3.8, 4) is 28.4 Å². The van der Waals surface area contributed by atoms with E-state index in [4.69, 9.17) is 9.47 Å². The Labute approximate surface area is 207 Å². The number of benzene rings is 3. The van der Waals surface area contributed by atoms with E-state index >= 15 is 0 Å². The van der Waals surface area contributed by atoms with Crippen molar-refractivity contribution in [3.63, 3.8) is 0 Å². The van der Waals surface area contributed by atoms with Gasteiger partial charge in [0.15, 0.2) is 0 Å². The summed E-state index contributed by atoms with van der Waals surface area (Å²) in [5.74, 6) is 0.326. The summed E-state index contributed by atoms with van der Waals surface area (Å²) < 4.78 is 40.7. The first-order valence-corrected chi connectivity index (χ1v) is 11.0. The van der Waals surface area contributed by atoms with Gasteiger partial charge in [-0.15, -0.1) is 0 Å². The monoisotopic (exact) mass is 496 g/mol. The maximum atomic E-state index is 12.9. The van der Waals surface area contributed by atoms with E-state index in [0.29, 0.717) is 28.3 Å². The van der Waals surface area contributed by atoms with Gasteiger partial charge < -0.3 is 24.8 Å². The molecule has 3 aromatic carbocycles. The van der Waals surface area contributed by atoms with E-state index < -0.39 is 24.5 Å². The fourth-order valence-electron chi connectivity index (χ4n) is 3.27. The molecule has 7 nitrogen and oxygen atoms in total. The molecule has 3 aromatic rings. The Hall–Kier alpha value is -4.40. The molecule has 2 N–H and O–H groups in total. The Morgan fingerprint density at radius 3 is 2.08 bits per heavy atom. The van der Waals surface area contributed by atoms with Gasteiger partial charge in [0.2, 0.25) is 11.8 Å². The standard InChI is InChI=1S/C27H26F2N2O5/c1-17(30-25(32)15-6-18-4-10-21(34-2)11-5-18)26(33)31-20-9-14-24(36-27(28)29)23(16-20)19-7-12-22(35-3)13-8-19/h4-17,27H,1-3H3,(H,30,32)(H,31,33)/b15-6+. The number of carbonyl (C=O) groups excluding carboxylic acids is 2. The molecule has 0 saturated heterocycles. The van der Waals surface area contributed by atoms with Gasteiger partial charge in [0.25, 0.3) is 0 Å². The summed E-state index contributed by atoms with van der Waals surface area (Å²) in [5.41, 5.74) is 2.09. The Morgan fingerprint density at radius 2 is 1.50 bits per heavy atom. The average molecular weight is 497 g/mol. The maximum Gasteiger partial charge on any atom is 0.387 e. The molecule has 0 heterocycles. The molecular formula is C27H26F2N2O5. The zero-order valence-corrected chi connectivity index (χ0v) is 20.0. The molecule has 1 unspecified atom stereocenters. The van der Waals surface area contributed by atoms with Gasteiger partial charge in [-0.1, -0.05) is 24.3 Å². The molecule has 2 amide bonds. The first-order chi connectivity index (χ1) is 17.3. The van der Waals surface area contributed by atoms with E-state index in [9.17, 15) is 18.4 Å². The second-order valence-electron chi connectivity index (χ2n) is 7.64. The third-order valence-corrected chi connectivity index (χ3v) is 5.16. The van der Waals surface area contributed by atoms with E-state index in [-0.39, 0.29) is 5.75 Å². The normalized spacial score (nSPS) is 11.7. The Kier molecular flexibility index (Phi) is 8.99. The second-order valence-corrected chi connectivity index (χ2v) is 7.64. The number of hydrogen-bond donors (Lipinski definition) is 2. The minimum atomic E-state index is -3.01. The number of halogens is 2. The molecule has 0 aliphatic rings. The van der Waals surface area contributed by atoms with Gasteiger partial charge in [0.1, 0.15) is 23.3 Å². The molecule has 9 heteroatoms. The number of nitrogens with one attached hydrogen (secondary N) is 2. The van der Waals surface area contributed by atoms with Crippen LogP contribution in [0.2, 0.25) is 0 Å². The van der Waals surface area contributed by atoms with Gasteiger partial charge >= 0.3 is 6.61 Å². The predicted octanol–water partition coefficient (Wildman–Crippen LogP) is 5.13. The van der Waals surface area contributed by atoms with Gasteiger partial charge in [0, 0.05) is 17.3 Å². The molecule has 0 spiro atoms. The van der Waals surface area contributed by atoms with Crippen LogP contribution < -0.4 is 24.8 Å². The van der Waals surface area contributed by atoms with Crippen LogP contribution in [0.25, 0.3) is 17.2 Å². The van der Waals surface area contributed by atoms with E-state index in [1.807, 2.05) is 0 Å². The van der Waals surface area contributed by atoms with Crippen molar-refractivity contribution in [2.75, 3.05) is 19.5 Å². The summed E-state index contributed by atoms with van der Waals surface area (Å²) in [6.07, 6.45) is 2.94. The SMILES string of the molecule is COc1ccc(/C=C/C(=O)NC(C)C(=O)Nc2ccc(OC(F)F)c(-c3ccc(OC)cc3)c2)cc1. The van der Waals surface area contributed by atoms with Crippen molar-refractivity contribution in [2.24, 2.45) is 0 Å². The van der Waals surface area contributed by atoms with Crippen LogP contribution in [0.15, 0.2) is 72.8 Å². The van der Waals surface area contributed by atoms with Gasteiger partial charge in [-0.3, -0.25) is 9.59 Å². The highest BCUT2D eigenvalue weighted by atomic mass is 19.3. The van der Waals surface area contributed by atoms with Crippen LogP contribution >= 0.6 is 0 Å². The van der Waals surface area contributed by atoms with Crippen molar-refractivity contribution in [2.45, 2.75) is 19.6 Å². The minimum absolute atomic E-state index is 0.0433. The van der Waals surface area contributed by atoms with Gasteiger partial charge in [0.05, 0.1) is 14.2 Å². The van der Waals surface area contributed by atoms with Crippen LogP contribution in [-0.4, -0.2) is 38.7 Å². The lowest BCUT2D eigenvalue weighted by atomic mass is 10.0. The third-order valence-electron chi connectivity index (χ3n) is 5.16. The zero-order chi connectivity index (χ0) is 26.1. The first kappa shape index (κ1) is 26.2. The van der Waals surface area contributed by atoms with E-state index in [1.165, 1.54) is 38.3 Å². The van der Waals surface area contributed by atoms with Crippen LogP contribution in [0, 0.1) is 0 Å². The van der Waals surface area contributed by atoms with Gasteiger partial charge in [-0.2, -0.15) is 8.78 Å². The molecule has 0 saturated carbocycles. The van der Waals surface area contributed by atoms with Crippen LogP contribution in [-0.2, 0) is 9.59 Å². The number of rotatable bonds is 10. The lowest BCUT2D eigenvalue weighted by Crippen LogP contribution is -2.40.